The highest BCUT2D eigenvalue weighted by Gasteiger charge is 2.29. The Labute approximate surface area is 160 Å². The van der Waals surface area contributed by atoms with E-state index in [1.807, 2.05) is 30.3 Å². The van der Waals surface area contributed by atoms with Gasteiger partial charge in [0, 0.05) is 31.2 Å². The average Bonchev–Trinajstić information content (AvgIpc) is 2.74. The number of aromatic amines is 1. The second-order valence-corrected chi connectivity index (χ2v) is 6.30. The predicted molar refractivity (Wildman–Crippen MR) is 103 cm³/mol. The molecule has 0 radical (unpaired) electrons. The van der Waals surface area contributed by atoms with Crippen molar-refractivity contribution in [3.05, 3.63) is 76.8 Å². The molecule has 0 unspecified atom stereocenters. The third-order valence-corrected chi connectivity index (χ3v) is 4.51. The van der Waals surface area contributed by atoms with Crippen LogP contribution >= 0.6 is 0 Å². The van der Waals surface area contributed by atoms with Crippen LogP contribution in [0.25, 0.3) is 11.5 Å². The SMILES string of the molecule is O=C(c1cnc(-c2ccccn2)[nH]c1=O)N1CCN(c2ccccc2)C(=O)C1. The Bertz CT molecular complexity index is 1070. The van der Waals surface area contributed by atoms with E-state index in [4.69, 9.17) is 0 Å². The molecular formula is C20H17N5O3. The summed E-state index contributed by atoms with van der Waals surface area (Å²) in [7, 11) is 0. The molecule has 0 saturated carbocycles. The molecule has 8 nitrogen and oxygen atoms in total. The summed E-state index contributed by atoms with van der Waals surface area (Å²) < 4.78 is 0. The first-order valence-corrected chi connectivity index (χ1v) is 8.79. The third kappa shape index (κ3) is 3.39. The lowest BCUT2D eigenvalue weighted by atomic mass is 10.2. The van der Waals surface area contributed by atoms with Gasteiger partial charge >= 0.3 is 0 Å². The van der Waals surface area contributed by atoms with Gasteiger partial charge in [-0.05, 0) is 24.3 Å². The molecule has 1 fully saturated rings. The number of carbonyl (C=O) groups is 2. The maximum absolute atomic E-state index is 12.7. The number of para-hydroxylation sites is 1. The van der Waals surface area contributed by atoms with Gasteiger partial charge in [-0.1, -0.05) is 24.3 Å². The highest BCUT2D eigenvalue weighted by molar-refractivity contribution is 6.01. The number of nitrogens with one attached hydrogen (secondary N) is 1. The fourth-order valence-corrected chi connectivity index (χ4v) is 3.08. The Morgan fingerprint density at radius 1 is 0.964 bits per heavy atom. The number of carbonyl (C=O) groups excluding carboxylic acids is 2. The molecule has 2 aromatic heterocycles. The quantitative estimate of drug-likeness (QED) is 0.744. The molecule has 140 valence electrons. The number of benzene rings is 1. The van der Waals surface area contributed by atoms with Crippen LogP contribution in [-0.2, 0) is 4.79 Å². The van der Waals surface area contributed by atoms with E-state index in [1.54, 1.807) is 29.3 Å². The van der Waals surface area contributed by atoms with Gasteiger partial charge in [0.15, 0.2) is 5.82 Å². The van der Waals surface area contributed by atoms with Gasteiger partial charge in [-0.15, -0.1) is 0 Å². The van der Waals surface area contributed by atoms with E-state index in [1.165, 1.54) is 11.1 Å². The number of amides is 2. The minimum atomic E-state index is -0.557. The molecular weight excluding hydrogens is 358 g/mol. The molecule has 0 aliphatic carbocycles. The van der Waals surface area contributed by atoms with Crippen LogP contribution in [-0.4, -0.2) is 51.3 Å². The monoisotopic (exact) mass is 375 g/mol. The van der Waals surface area contributed by atoms with Gasteiger partial charge in [-0.3, -0.25) is 19.4 Å². The molecule has 8 heteroatoms. The van der Waals surface area contributed by atoms with Crippen molar-refractivity contribution in [2.75, 3.05) is 24.5 Å². The number of hydrogen-bond donors (Lipinski definition) is 1. The van der Waals surface area contributed by atoms with Crippen LogP contribution in [0, 0.1) is 0 Å². The van der Waals surface area contributed by atoms with Crippen molar-refractivity contribution in [1.82, 2.24) is 19.9 Å². The van der Waals surface area contributed by atoms with Crippen molar-refractivity contribution in [3.63, 3.8) is 0 Å². The van der Waals surface area contributed by atoms with Gasteiger partial charge in [0.25, 0.3) is 11.5 Å². The minimum absolute atomic E-state index is 0.0881. The van der Waals surface area contributed by atoms with Crippen molar-refractivity contribution in [3.8, 4) is 11.5 Å². The van der Waals surface area contributed by atoms with Crippen molar-refractivity contribution in [2.45, 2.75) is 0 Å². The summed E-state index contributed by atoms with van der Waals surface area (Å²) in [5, 5.41) is 0. The molecule has 28 heavy (non-hydrogen) atoms. The maximum Gasteiger partial charge on any atom is 0.264 e. The second-order valence-electron chi connectivity index (χ2n) is 6.30. The number of aromatic nitrogens is 3. The van der Waals surface area contributed by atoms with E-state index in [9.17, 15) is 14.4 Å². The summed E-state index contributed by atoms with van der Waals surface area (Å²) >= 11 is 0. The van der Waals surface area contributed by atoms with E-state index < -0.39 is 11.5 Å². The highest BCUT2D eigenvalue weighted by Crippen LogP contribution is 2.17. The summed E-state index contributed by atoms with van der Waals surface area (Å²) in [6.07, 6.45) is 2.82. The van der Waals surface area contributed by atoms with Gasteiger partial charge < -0.3 is 14.8 Å². The van der Waals surface area contributed by atoms with Gasteiger partial charge in [-0.2, -0.15) is 0 Å². The molecule has 3 aromatic rings. The van der Waals surface area contributed by atoms with Crippen LogP contribution in [0.4, 0.5) is 5.69 Å². The Kier molecular flexibility index (Phi) is 4.67. The van der Waals surface area contributed by atoms with Crippen LogP contribution in [0.3, 0.4) is 0 Å². The van der Waals surface area contributed by atoms with Gasteiger partial charge in [0.1, 0.15) is 17.8 Å². The molecule has 1 aliphatic heterocycles. The lowest BCUT2D eigenvalue weighted by molar-refractivity contribution is -0.120. The van der Waals surface area contributed by atoms with Crippen molar-refractivity contribution < 1.29 is 9.59 Å². The topological polar surface area (TPSA) is 99.3 Å². The van der Waals surface area contributed by atoms with Gasteiger partial charge in [-0.25, -0.2) is 4.98 Å². The number of nitrogens with zero attached hydrogens (tertiary/aromatic N) is 4. The summed E-state index contributed by atoms with van der Waals surface area (Å²) in [6.45, 7) is 0.613. The molecule has 0 bridgehead atoms. The molecule has 1 N–H and O–H groups in total. The Balaban J connectivity index is 1.51. The lowest BCUT2D eigenvalue weighted by Gasteiger charge is -2.34. The first-order valence-electron chi connectivity index (χ1n) is 8.79. The number of H-pyrrole nitrogens is 1. The number of hydrogen-bond acceptors (Lipinski definition) is 5. The van der Waals surface area contributed by atoms with E-state index in [0.29, 0.717) is 18.8 Å². The number of rotatable bonds is 3. The fourth-order valence-electron chi connectivity index (χ4n) is 3.08. The molecule has 0 spiro atoms. The lowest BCUT2D eigenvalue weighted by Crippen LogP contribution is -2.53. The van der Waals surface area contributed by atoms with E-state index >= 15 is 0 Å². The first kappa shape index (κ1) is 17.6. The van der Waals surface area contributed by atoms with Crippen LogP contribution in [0.5, 0.6) is 0 Å². The zero-order chi connectivity index (χ0) is 19.5. The molecule has 1 saturated heterocycles. The fraction of sp³-hybridized carbons (Fsp3) is 0.150. The van der Waals surface area contributed by atoms with Crippen molar-refractivity contribution >= 4 is 17.5 Å². The molecule has 1 aromatic carbocycles. The number of piperazine rings is 1. The van der Waals surface area contributed by atoms with E-state index in [-0.39, 0.29) is 23.8 Å². The summed E-state index contributed by atoms with van der Waals surface area (Å²) in [5.74, 6) is -0.421. The molecule has 1 aliphatic rings. The normalized spacial score (nSPS) is 14.2. The van der Waals surface area contributed by atoms with E-state index in [0.717, 1.165) is 5.69 Å². The number of pyridine rings is 1. The van der Waals surface area contributed by atoms with Crippen molar-refractivity contribution in [2.24, 2.45) is 0 Å². The third-order valence-electron chi connectivity index (χ3n) is 4.51. The molecule has 2 amide bonds. The van der Waals surface area contributed by atoms with Crippen molar-refractivity contribution in [1.29, 1.82) is 0 Å². The zero-order valence-corrected chi connectivity index (χ0v) is 14.9. The largest absolute Gasteiger partial charge is 0.327 e. The second kappa shape index (κ2) is 7.43. The Morgan fingerprint density at radius 3 is 2.43 bits per heavy atom. The van der Waals surface area contributed by atoms with Gasteiger partial charge in [0.2, 0.25) is 5.91 Å². The molecule has 3 heterocycles. The Hall–Kier alpha value is -3.81. The zero-order valence-electron chi connectivity index (χ0n) is 14.9. The Morgan fingerprint density at radius 2 is 1.75 bits per heavy atom. The summed E-state index contributed by atoms with van der Waals surface area (Å²) in [5.41, 5.74) is 0.642. The van der Waals surface area contributed by atoms with E-state index in [2.05, 4.69) is 15.0 Å². The average molecular weight is 375 g/mol. The molecule has 0 atom stereocenters. The summed E-state index contributed by atoms with van der Waals surface area (Å²) in [6, 6.07) is 14.5. The minimum Gasteiger partial charge on any atom is -0.327 e. The summed E-state index contributed by atoms with van der Waals surface area (Å²) in [4.78, 5) is 51.5. The molecule has 4 rings (SSSR count). The van der Waals surface area contributed by atoms with Crippen LogP contribution in [0.2, 0.25) is 0 Å². The maximum atomic E-state index is 12.7. The highest BCUT2D eigenvalue weighted by atomic mass is 16.2. The smallest absolute Gasteiger partial charge is 0.264 e. The van der Waals surface area contributed by atoms with Crippen LogP contribution in [0.1, 0.15) is 10.4 Å². The predicted octanol–water partition coefficient (Wildman–Crippen LogP) is 1.32. The first-order chi connectivity index (χ1) is 13.6. The standard InChI is InChI=1S/C20H17N5O3/c26-17-13-24(10-11-25(17)14-6-2-1-3-7-14)20(28)15-12-22-18(23-19(15)27)16-8-4-5-9-21-16/h1-9,12H,10-11,13H2,(H,22,23,27). The van der Waals surface area contributed by atoms with Gasteiger partial charge in [0.05, 0.1) is 0 Å². The van der Waals surface area contributed by atoms with Crippen LogP contribution in [0.15, 0.2) is 65.7 Å². The number of anilines is 1. The van der Waals surface area contributed by atoms with Crippen LogP contribution < -0.4 is 10.5 Å².